The minimum Gasteiger partial charge on any atom is -0.483 e. The van der Waals surface area contributed by atoms with E-state index in [0.717, 1.165) is 17.5 Å². The molecule has 5 nitrogen and oxygen atoms in total. The third-order valence-electron chi connectivity index (χ3n) is 5.31. The van der Waals surface area contributed by atoms with E-state index < -0.39 is 6.04 Å². The van der Waals surface area contributed by atoms with Crippen LogP contribution in [0.1, 0.15) is 24.5 Å². The van der Waals surface area contributed by atoms with Gasteiger partial charge in [0.25, 0.3) is 5.91 Å². The SMILES string of the molecule is CCCNC(=O)[C@@H](Cc1ccccc1)N(Cc1cccc(Cl)c1)C(=O)COc1ccc(Cl)cc1Br. The average molecular weight is 578 g/mol. The van der Waals surface area contributed by atoms with E-state index in [9.17, 15) is 9.59 Å². The first-order valence-corrected chi connectivity index (χ1v) is 12.9. The minimum absolute atomic E-state index is 0.209. The first-order chi connectivity index (χ1) is 16.9. The van der Waals surface area contributed by atoms with Crippen molar-refractivity contribution >= 4 is 50.9 Å². The van der Waals surface area contributed by atoms with Gasteiger partial charge >= 0.3 is 0 Å². The van der Waals surface area contributed by atoms with Crippen molar-refractivity contribution in [3.63, 3.8) is 0 Å². The Balaban J connectivity index is 1.90. The van der Waals surface area contributed by atoms with Gasteiger partial charge in [0.05, 0.1) is 4.47 Å². The summed E-state index contributed by atoms with van der Waals surface area (Å²) >= 11 is 15.6. The molecule has 0 fully saturated rings. The van der Waals surface area contributed by atoms with E-state index in [0.29, 0.717) is 33.2 Å². The van der Waals surface area contributed by atoms with Crippen LogP contribution in [0.5, 0.6) is 5.75 Å². The third kappa shape index (κ3) is 8.27. The van der Waals surface area contributed by atoms with Crippen molar-refractivity contribution in [2.45, 2.75) is 32.4 Å². The van der Waals surface area contributed by atoms with E-state index in [2.05, 4.69) is 21.2 Å². The van der Waals surface area contributed by atoms with Gasteiger partial charge in [-0.1, -0.05) is 72.6 Å². The maximum absolute atomic E-state index is 13.5. The molecule has 1 atom stereocenters. The number of benzene rings is 3. The van der Waals surface area contributed by atoms with Gasteiger partial charge in [0.15, 0.2) is 6.61 Å². The number of hydrogen-bond donors (Lipinski definition) is 1. The summed E-state index contributed by atoms with van der Waals surface area (Å²) in [6, 6.07) is 21.3. The maximum atomic E-state index is 13.5. The van der Waals surface area contributed by atoms with Crippen molar-refractivity contribution in [3.8, 4) is 5.75 Å². The van der Waals surface area contributed by atoms with Crippen molar-refractivity contribution in [1.82, 2.24) is 10.2 Å². The predicted octanol–water partition coefficient (Wildman–Crippen LogP) is 6.30. The van der Waals surface area contributed by atoms with Gasteiger partial charge in [-0.3, -0.25) is 9.59 Å². The van der Waals surface area contributed by atoms with E-state index in [1.165, 1.54) is 0 Å². The van der Waals surface area contributed by atoms with Crippen molar-refractivity contribution in [3.05, 3.63) is 98.4 Å². The summed E-state index contributed by atoms with van der Waals surface area (Å²) in [4.78, 5) is 28.4. The van der Waals surface area contributed by atoms with Crippen LogP contribution in [0.25, 0.3) is 0 Å². The summed E-state index contributed by atoms with van der Waals surface area (Å²) in [5.41, 5.74) is 1.77. The molecule has 3 aromatic carbocycles. The number of ether oxygens (including phenoxy) is 1. The fourth-order valence-corrected chi connectivity index (χ4v) is 4.58. The fourth-order valence-electron chi connectivity index (χ4n) is 3.57. The zero-order valence-corrected chi connectivity index (χ0v) is 22.4. The molecule has 0 aliphatic heterocycles. The highest BCUT2D eigenvalue weighted by atomic mass is 79.9. The highest BCUT2D eigenvalue weighted by Crippen LogP contribution is 2.28. The Kier molecular flexibility index (Phi) is 10.5. The lowest BCUT2D eigenvalue weighted by molar-refractivity contribution is -0.142. The van der Waals surface area contributed by atoms with E-state index >= 15 is 0 Å². The van der Waals surface area contributed by atoms with Crippen LogP contribution >= 0.6 is 39.1 Å². The van der Waals surface area contributed by atoms with Gasteiger partial charge < -0.3 is 15.0 Å². The molecule has 3 rings (SSSR count). The second kappa shape index (κ2) is 13.5. The number of halogens is 3. The Hall–Kier alpha value is -2.54. The molecule has 8 heteroatoms. The number of carbonyl (C=O) groups excluding carboxylic acids is 2. The molecule has 0 saturated carbocycles. The Morgan fingerprint density at radius 3 is 2.37 bits per heavy atom. The van der Waals surface area contributed by atoms with Gasteiger partial charge in [-0.15, -0.1) is 0 Å². The van der Waals surface area contributed by atoms with E-state index in [1.807, 2.05) is 49.4 Å². The van der Waals surface area contributed by atoms with Gasteiger partial charge in [-0.2, -0.15) is 0 Å². The number of nitrogens with one attached hydrogen (secondary N) is 1. The minimum atomic E-state index is -0.729. The zero-order chi connectivity index (χ0) is 25.2. The smallest absolute Gasteiger partial charge is 0.261 e. The highest BCUT2D eigenvalue weighted by molar-refractivity contribution is 9.10. The molecule has 0 unspecified atom stereocenters. The molecule has 0 spiro atoms. The van der Waals surface area contributed by atoms with Crippen molar-refractivity contribution in [1.29, 1.82) is 0 Å². The molecule has 0 bridgehead atoms. The van der Waals surface area contributed by atoms with Crippen LogP contribution in [-0.2, 0) is 22.6 Å². The second-order valence-electron chi connectivity index (χ2n) is 8.01. The molecule has 1 N–H and O–H groups in total. The normalized spacial score (nSPS) is 11.5. The van der Waals surface area contributed by atoms with Crippen LogP contribution in [0.4, 0.5) is 0 Å². The molecule has 0 aromatic heterocycles. The number of hydrogen-bond acceptors (Lipinski definition) is 3. The van der Waals surface area contributed by atoms with E-state index in [-0.39, 0.29) is 25.0 Å². The maximum Gasteiger partial charge on any atom is 0.261 e. The van der Waals surface area contributed by atoms with Crippen molar-refractivity contribution in [2.24, 2.45) is 0 Å². The third-order valence-corrected chi connectivity index (χ3v) is 6.40. The van der Waals surface area contributed by atoms with Gasteiger partial charge in [-0.25, -0.2) is 0 Å². The molecule has 3 aromatic rings. The fraction of sp³-hybridized carbons (Fsp3) is 0.259. The Labute approximate surface area is 224 Å². The van der Waals surface area contributed by atoms with E-state index in [4.69, 9.17) is 27.9 Å². The zero-order valence-electron chi connectivity index (χ0n) is 19.3. The first kappa shape index (κ1) is 27.1. The molecule has 0 radical (unpaired) electrons. The summed E-state index contributed by atoms with van der Waals surface area (Å²) < 4.78 is 6.44. The van der Waals surface area contributed by atoms with Crippen LogP contribution in [-0.4, -0.2) is 35.9 Å². The summed E-state index contributed by atoms with van der Waals surface area (Å²) in [6.07, 6.45) is 1.16. The van der Waals surface area contributed by atoms with Gasteiger partial charge in [-0.05, 0) is 63.8 Å². The predicted molar refractivity (Wildman–Crippen MR) is 144 cm³/mol. The van der Waals surface area contributed by atoms with Gasteiger partial charge in [0.1, 0.15) is 11.8 Å². The van der Waals surface area contributed by atoms with Crippen LogP contribution in [0.2, 0.25) is 10.0 Å². The average Bonchev–Trinajstić information content (AvgIpc) is 2.84. The summed E-state index contributed by atoms with van der Waals surface area (Å²) in [5, 5.41) is 4.06. The number of rotatable bonds is 11. The second-order valence-corrected chi connectivity index (χ2v) is 9.74. The Morgan fingerprint density at radius 2 is 1.69 bits per heavy atom. The van der Waals surface area contributed by atoms with Crippen LogP contribution in [0.3, 0.4) is 0 Å². The van der Waals surface area contributed by atoms with Crippen molar-refractivity contribution in [2.75, 3.05) is 13.2 Å². The van der Waals surface area contributed by atoms with Gasteiger partial charge in [0.2, 0.25) is 5.91 Å². The van der Waals surface area contributed by atoms with Crippen LogP contribution < -0.4 is 10.1 Å². The van der Waals surface area contributed by atoms with Gasteiger partial charge in [0, 0.05) is 29.6 Å². The summed E-state index contributed by atoms with van der Waals surface area (Å²) in [6.45, 7) is 2.48. The molecular weight excluding hydrogens is 551 g/mol. The molecule has 0 heterocycles. The molecule has 184 valence electrons. The molecule has 0 aliphatic carbocycles. The number of amides is 2. The van der Waals surface area contributed by atoms with Crippen LogP contribution in [0, 0.1) is 0 Å². The Bertz CT molecular complexity index is 1140. The topological polar surface area (TPSA) is 58.6 Å². The summed E-state index contributed by atoms with van der Waals surface area (Å²) in [5.74, 6) is -0.0429. The Morgan fingerprint density at radius 1 is 0.971 bits per heavy atom. The van der Waals surface area contributed by atoms with E-state index in [1.54, 1.807) is 35.2 Å². The number of nitrogens with zero attached hydrogens (tertiary/aromatic N) is 1. The monoisotopic (exact) mass is 576 g/mol. The number of carbonyl (C=O) groups is 2. The van der Waals surface area contributed by atoms with Crippen LogP contribution in [0.15, 0.2) is 77.3 Å². The highest BCUT2D eigenvalue weighted by Gasteiger charge is 2.30. The molecule has 0 saturated heterocycles. The lowest BCUT2D eigenvalue weighted by atomic mass is 10.0. The largest absolute Gasteiger partial charge is 0.483 e. The first-order valence-electron chi connectivity index (χ1n) is 11.3. The quantitative estimate of drug-likeness (QED) is 0.291. The molecule has 2 amide bonds. The molecule has 0 aliphatic rings. The molecule has 35 heavy (non-hydrogen) atoms. The lowest BCUT2D eigenvalue weighted by Gasteiger charge is -2.31. The molecular formula is C27H27BrCl2N2O3. The van der Waals surface area contributed by atoms with Crippen molar-refractivity contribution < 1.29 is 14.3 Å². The summed E-state index contributed by atoms with van der Waals surface area (Å²) in [7, 11) is 0. The lowest BCUT2D eigenvalue weighted by Crippen LogP contribution is -2.51. The standard InChI is InChI=1S/C27H27BrCl2N2O3/c1-2-13-31-27(34)24(15-19-7-4-3-5-8-19)32(17-20-9-6-10-21(29)14-20)26(33)18-35-25-12-11-22(30)16-23(25)28/h3-12,14,16,24H,2,13,15,17-18H2,1H3,(H,31,34)/t24-/m1/s1.